The van der Waals surface area contributed by atoms with Crippen LogP contribution < -0.4 is 19.1 Å². The molecule has 186 valence electrons. The van der Waals surface area contributed by atoms with E-state index in [1.807, 2.05) is 60.7 Å². The number of benzene rings is 4. The Labute approximate surface area is 219 Å². The van der Waals surface area contributed by atoms with Crippen molar-refractivity contribution >= 4 is 24.7 Å². The maximum atomic E-state index is 15.8. The fourth-order valence-corrected chi connectivity index (χ4v) is 5.62. The van der Waals surface area contributed by atoms with Crippen LogP contribution in [0.25, 0.3) is 0 Å². The van der Waals surface area contributed by atoms with E-state index in [0.717, 1.165) is 17.5 Å². The normalized spacial score (nSPS) is 17.7. The Morgan fingerprint density at radius 3 is 2.05 bits per heavy atom. The van der Waals surface area contributed by atoms with Crippen molar-refractivity contribution in [3.8, 4) is 17.2 Å². The summed E-state index contributed by atoms with van der Waals surface area (Å²) in [5.41, 5.74) is 3.12. The average Bonchev–Trinajstić information content (AvgIpc) is 3.27. The number of rotatable bonds is 6. The van der Waals surface area contributed by atoms with Crippen molar-refractivity contribution in [2.45, 2.75) is 10.8 Å². The van der Waals surface area contributed by atoms with Gasteiger partial charge in [-0.2, -0.15) is 12.6 Å². The fraction of sp³-hybridized carbons (Fsp3) is 0.167. The molecule has 4 aromatic carbocycles. The van der Waals surface area contributed by atoms with Crippen LogP contribution >= 0.6 is 12.6 Å². The van der Waals surface area contributed by atoms with Gasteiger partial charge in [0.05, 0.1) is 11.7 Å². The lowest BCUT2D eigenvalue weighted by atomic mass is 9.88. The van der Waals surface area contributed by atoms with E-state index in [9.17, 15) is 4.79 Å². The number of thiol groups is 1. The molecule has 6 rings (SSSR count). The molecular formula is C30H24FNO4S. The average molecular weight is 514 g/mol. The molecule has 0 saturated heterocycles. The predicted octanol–water partition coefficient (Wildman–Crippen LogP) is 5.92. The first kappa shape index (κ1) is 23.4. The number of anilines is 1. The zero-order valence-electron chi connectivity index (χ0n) is 19.8. The molecule has 0 saturated carbocycles. The first-order chi connectivity index (χ1) is 18.1. The number of halogens is 1. The molecule has 2 aliphatic heterocycles. The number of nitrogens with zero attached hydrogens (tertiary/aromatic N) is 1. The van der Waals surface area contributed by atoms with Gasteiger partial charge in [0.15, 0.2) is 11.5 Å². The quantitative estimate of drug-likeness (QED) is 0.257. The smallest absolute Gasteiger partial charge is 0.214 e. The van der Waals surface area contributed by atoms with Gasteiger partial charge in [-0.05, 0) is 29.3 Å². The lowest BCUT2D eigenvalue weighted by molar-refractivity contribution is -0.107. The maximum absolute atomic E-state index is 15.8. The molecule has 1 amide bonds. The maximum Gasteiger partial charge on any atom is 0.214 e. The summed E-state index contributed by atoms with van der Waals surface area (Å²) in [6.45, 7) is 0.951. The lowest BCUT2D eigenvalue weighted by Crippen LogP contribution is -2.33. The Balaban J connectivity index is 1.53. The second kappa shape index (κ2) is 9.48. The Morgan fingerprint density at radius 2 is 1.43 bits per heavy atom. The molecule has 37 heavy (non-hydrogen) atoms. The molecule has 0 radical (unpaired) electrons. The summed E-state index contributed by atoms with van der Waals surface area (Å²) >= 11 is 5.03. The summed E-state index contributed by atoms with van der Waals surface area (Å²) in [5, 5.41) is 0. The van der Waals surface area contributed by atoms with Gasteiger partial charge in [-0.3, -0.25) is 4.79 Å². The summed E-state index contributed by atoms with van der Waals surface area (Å²) < 4.78 is 32.2. The van der Waals surface area contributed by atoms with Crippen LogP contribution in [0.5, 0.6) is 17.2 Å². The zero-order chi connectivity index (χ0) is 25.4. The van der Waals surface area contributed by atoms with Crippen LogP contribution in [0, 0.1) is 5.82 Å². The molecule has 0 aromatic heterocycles. The molecule has 2 aliphatic rings. The standard InChI is InChI=1S/C30H24FNO4S/c31-23-12-7-13-24(32(19-33)29(20-8-3-1-4-9-20)21-10-5-2-6-11-21)28(23)30(37)18-36-25-17-27-26(16-22(25)30)34-14-15-35-27/h1-13,16-17,19,29,37H,14-15,18H2. The third kappa shape index (κ3) is 4.00. The first-order valence-electron chi connectivity index (χ1n) is 12.0. The van der Waals surface area contributed by atoms with Crippen molar-refractivity contribution in [2.75, 3.05) is 24.7 Å². The van der Waals surface area contributed by atoms with Gasteiger partial charge in [-0.15, -0.1) is 0 Å². The Bertz CT molecular complexity index is 1410. The van der Waals surface area contributed by atoms with Crippen LogP contribution in [-0.4, -0.2) is 26.2 Å². The Hall–Kier alpha value is -3.97. The van der Waals surface area contributed by atoms with Crippen molar-refractivity contribution in [1.82, 2.24) is 0 Å². The van der Waals surface area contributed by atoms with Crippen LogP contribution in [0.3, 0.4) is 0 Å². The van der Waals surface area contributed by atoms with E-state index in [4.69, 9.17) is 26.8 Å². The van der Waals surface area contributed by atoms with Gasteiger partial charge >= 0.3 is 0 Å². The minimum absolute atomic E-state index is 0.0797. The predicted molar refractivity (Wildman–Crippen MR) is 142 cm³/mol. The van der Waals surface area contributed by atoms with Crippen molar-refractivity contribution in [3.63, 3.8) is 0 Å². The summed E-state index contributed by atoms with van der Waals surface area (Å²) in [6, 6.07) is 27.2. The molecule has 0 N–H and O–H groups in total. The van der Waals surface area contributed by atoms with Gasteiger partial charge in [0.25, 0.3) is 0 Å². The summed E-state index contributed by atoms with van der Waals surface area (Å²) in [5.74, 6) is 1.21. The topological polar surface area (TPSA) is 48.0 Å². The molecule has 7 heteroatoms. The SMILES string of the molecule is O=CN(c1cccc(F)c1C1(S)COc2cc3c(cc21)OCCO3)C(c1ccccc1)c1ccccc1. The van der Waals surface area contributed by atoms with E-state index in [1.54, 1.807) is 29.2 Å². The molecular weight excluding hydrogens is 489 g/mol. The van der Waals surface area contributed by atoms with Gasteiger partial charge in [0.2, 0.25) is 6.41 Å². The van der Waals surface area contributed by atoms with Gasteiger partial charge in [-0.25, -0.2) is 4.39 Å². The number of fused-ring (bicyclic) bond motifs is 2. The third-order valence-corrected chi connectivity index (χ3v) is 7.43. The minimum atomic E-state index is -1.18. The summed E-state index contributed by atoms with van der Waals surface area (Å²) in [4.78, 5) is 14.4. The second-order valence-corrected chi connectivity index (χ2v) is 9.77. The lowest BCUT2D eigenvalue weighted by Gasteiger charge is -2.34. The summed E-state index contributed by atoms with van der Waals surface area (Å²) in [6.07, 6.45) is 0.751. The fourth-order valence-electron chi connectivity index (χ4n) is 5.16. The van der Waals surface area contributed by atoms with Crippen molar-refractivity contribution in [1.29, 1.82) is 0 Å². The van der Waals surface area contributed by atoms with E-state index < -0.39 is 16.6 Å². The molecule has 1 unspecified atom stereocenters. The van der Waals surface area contributed by atoms with Crippen molar-refractivity contribution in [3.05, 3.63) is 119 Å². The highest BCUT2D eigenvalue weighted by Gasteiger charge is 2.45. The van der Waals surface area contributed by atoms with E-state index in [1.165, 1.54) is 6.07 Å². The van der Waals surface area contributed by atoms with E-state index >= 15 is 4.39 Å². The van der Waals surface area contributed by atoms with Gasteiger partial charge in [0, 0.05) is 17.2 Å². The molecule has 0 spiro atoms. The highest BCUT2D eigenvalue weighted by molar-refractivity contribution is 7.81. The largest absolute Gasteiger partial charge is 0.491 e. The Kier molecular flexibility index (Phi) is 6.00. The van der Waals surface area contributed by atoms with Crippen LogP contribution in [0.2, 0.25) is 0 Å². The zero-order valence-corrected chi connectivity index (χ0v) is 20.7. The molecule has 0 aliphatic carbocycles. The Morgan fingerprint density at radius 1 is 0.811 bits per heavy atom. The highest BCUT2D eigenvalue weighted by atomic mass is 32.1. The van der Waals surface area contributed by atoms with E-state index in [0.29, 0.717) is 41.7 Å². The second-order valence-electron chi connectivity index (χ2n) is 9.01. The number of hydrogen-bond donors (Lipinski definition) is 1. The van der Waals surface area contributed by atoms with Crippen LogP contribution in [0.15, 0.2) is 91.0 Å². The van der Waals surface area contributed by atoms with Crippen LogP contribution in [-0.2, 0) is 9.54 Å². The molecule has 1 atom stereocenters. The monoisotopic (exact) mass is 513 g/mol. The molecule has 0 fully saturated rings. The number of carbonyl (C=O) groups excluding carboxylic acids is 1. The number of ether oxygens (including phenoxy) is 3. The number of amides is 1. The van der Waals surface area contributed by atoms with Crippen molar-refractivity contribution in [2.24, 2.45) is 0 Å². The summed E-state index contributed by atoms with van der Waals surface area (Å²) in [7, 11) is 0. The van der Waals surface area contributed by atoms with Crippen LogP contribution in [0.4, 0.5) is 10.1 Å². The van der Waals surface area contributed by atoms with Crippen molar-refractivity contribution < 1.29 is 23.4 Å². The third-order valence-electron chi connectivity index (χ3n) is 6.83. The van der Waals surface area contributed by atoms with Gasteiger partial charge in [0.1, 0.15) is 36.1 Å². The highest BCUT2D eigenvalue weighted by Crippen LogP contribution is 2.53. The molecule has 2 heterocycles. The molecule has 4 aromatic rings. The van der Waals surface area contributed by atoms with Gasteiger partial charge in [-0.1, -0.05) is 66.7 Å². The van der Waals surface area contributed by atoms with E-state index in [-0.39, 0.29) is 12.2 Å². The number of carbonyl (C=O) groups is 1. The van der Waals surface area contributed by atoms with E-state index in [2.05, 4.69) is 0 Å². The molecule has 5 nitrogen and oxygen atoms in total. The van der Waals surface area contributed by atoms with Gasteiger partial charge < -0.3 is 19.1 Å². The first-order valence-corrected chi connectivity index (χ1v) is 12.5. The molecule has 0 bridgehead atoms. The minimum Gasteiger partial charge on any atom is -0.491 e. The van der Waals surface area contributed by atoms with Crippen LogP contribution in [0.1, 0.15) is 28.3 Å². The number of hydrogen-bond acceptors (Lipinski definition) is 5.